The van der Waals surface area contributed by atoms with Gasteiger partial charge in [-0.2, -0.15) is 22.9 Å². The van der Waals surface area contributed by atoms with Crippen molar-refractivity contribution in [2.75, 3.05) is 0 Å². The van der Waals surface area contributed by atoms with E-state index in [9.17, 15) is 0 Å². The first kappa shape index (κ1) is 6.67. The van der Waals surface area contributed by atoms with Crippen molar-refractivity contribution in [1.29, 1.82) is 0 Å². The lowest BCUT2D eigenvalue weighted by molar-refractivity contribution is 2.47. The summed E-state index contributed by atoms with van der Waals surface area (Å²) in [4.78, 5) is 0. The maximum Gasteiger partial charge on any atom is 0.376 e. The Morgan fingerprint density at radius 2 is 1.83 bits per heavy atom. The number of rotatable bonds is 1. The zero-order valence-electron chi connectivity index (χ0n) is 2.87. The largest absolute Gasteiger partial charge is 0.376 e. The van der Waals surface area contributed by atoms with E-state index in [-0.39, 0.29) is 0 Å². The molecule has 0 spiro atoms. The lowest BCUT2D eigenvalue weighted by Gasteiger charge is -1.73. The minimum atomic E-state index is -0.470. The van der Waals surface area contributed by atoms with Crippen molar-refractivity contribution in [3.05, 3.63) is 11.5 Å². The fourth-order valence-electron chi connectivity index (χ4n) is 0.0550. The standard InChI is InChI=1S/C2H2BCl3/c4-2-1-3(5)6/h1-2H. The predicted molar refractivity (Wildman–Crippen MR) is 32.5 cm³/mol. The Morgan fingerprint density at radius 3 is 1.83 bits per heavy atom. The van der Waals surface area contributed by atoms with E-state index < -0.39 is 5.54 Å². The average molecular weight is 143 g/mol. The van der Waals surface area contributed by atoms with Crippen molar-refractivity contribution in [2.24, 2.45) is 0 Å². The molecule has 34 valence electrons. The summed E-state index contributed by atoms with van der Waals surface area (Å²) < 4.78 is 0. The summed E-state index contributed by atoms with van der Waals surface area (Å²) in [6, 6.07) is 0. The molecule has 0 saturated carbocycles. The topological polar surface area (TPSA) is 0 Å². The molecule has 0 bridgehead atoms. The van der Waals surface area contributed by atoms with Crippen LogP contribution < -0.4 is 0 Å². The molecule has 0 aromatic carbocycles. The third-order valence-electron chi connectivity index (χ3n) is 0.218. The summed E-state index contributed by atoms with van der Waals surface area (Å²) >= 11 is 15.4. The first-order valence-corrected chi connectivity index (χ1v) is 2.63. The van der Waals surface area contributed by atoms with Crippen molar-refractivity contribution in [1.82, 2.24) is 0 Å². The van der Waals surface area contributed by atoms with E-state index in [1.54, 1.807) is 0 Å². The van der Waals surface area contributed by atoms with Gasteiger partial charge in [-0.25, -0.2) is 0 Å². The zero-order chi connectivity index (χ0) is 4.99. The Kier molecular flexibility index (Phi) is 4.28. The molecular formula is C2H2BCl3. The maximum absolute atomic E-state index is 5.17. The van der Waals surface area contributed by atoms with Crippen molar-refractivity contribution >= 4 is 40.1 Å². The zero-order valence-corrected chi connectivity index (χ0v) is 5.13. The van der Waals surface area contributed by atoms with Crippen LogP contribution in [0.2, 0.25) is 0 Å². The Balaban J connectivity index is 3.03. The summed E-state index contributed by atoms with van der Waals surface area (Å²) in [5.41, 5.74) is 0.812. The average Bonchev–Trinajstić information content (AvgIpc) is 1.35. The highest BCUT2D eigenvalue weighted by Crippen LogP contribution is 1.96. The first-order chi connectivity index (χ1) is 2.77. The van der Waals surface area contributed by atoms with Crippen LogP contribution >= 0.6 is 34.5 Å². The highest BCUT2D eigenvalue weighted by Gasteiger charge is 1.93. The fourth-order valence-corrected chi connectivity index (χ4v) is 0.495. The van der Waals surface area contributed by atoms with Gasteiger partial charge >= 0.3 is 5.54 Å². The van der Waals surface area contributed by atoms with Gasteiger partial charge in [-0.05, 0) is 5.54 Å². The van der Waals surface area contributed by atoms with Gasteiger partial charge in [-0.3, -0.25) is 0 Å². The Bertz CT molecular complexity index is 50.8. The molecule has 0 aromatic rings. The van der Waals surface area contributed by atoms with Crippen molar-refractivity contribution < 1.29 is 0 Å². The molecule has 0 aromatic heterocycles. The molecule has 0 amide bonds. The predicted octanol–water partition coefficient (Wildman–Crippen LogP) is 2.24. The quantitative estimate of drug-likeness (QED) is 0.494. The molecule has 0 N–H and O–H groups in total. The lowest BCUT2D eigenvalue weighted by atomic mass is 10.1. The maximum atomic E-state index is 5.17. The van der Waals surface area contributed by atoms with Crippen molar-refractivity contribution in [3.63, 3.8) is 0 Å². The summed E-state index contributed by atoms with van der Waals surface area (Å²) in [6.45, 7) is 0. The molecule has 6 heavy (non-hydrogen) atoms. The molecule has 0 aliphatic rings. The molecule has 0 nitrogen and oxygen atoms in total. The summed E-state index contributed by atoms with van der Waals surface area (Å²) in [7, 11) is 0. The van der Waals surface area contributed by atoms with Gasteiger partial charge in [-0.1, -0.05) is 17.6 Å². The van der Waals surface area contributed by atoms with Crippen LogP contribution in [0.3, 0.4) is 0 Å². The van der Waals surface area contributed by atoms with Gasteiger partial charge in [-0.15, -0.1) is 0 Å². The summed E-state index contributed by atoms with van der Waals surface area (Å²) in [5, 5.41) is 0. The molecule has 0 rings (SSSR count). The highest BCUT2D eigenvalue weighted by molar-refractivity contribution is 7.36. The summed E-state index contributed by atoms with van der Waals surface area (Å²) in [5.74, 6) is 1.46. The second-order valence-corrected chi connectivity index (χ2v) is 2.07. The molecule has 0 aliphatic carbocycles. The van der Waals surface area contributed by atoms with Gasteiger partial charge in [0.1, 0.15) is 0 Å². The minimum absolute atomic E-state index is 0.470. The van der Waals surface area contributed by atoms with Crippen LogP contribution in [0.15, 0.2) is 11.5 Å². The van der Waals surface area contributed by atoms with Crippen LogP contribution in [0, 0.1) is 0 Å². The monoisotopic (exact) mass is 142 g/mol. The molecule has 0 heterocycles. The van der Waals surface area contributed by atoms with Crippen LogP contribution in [0.1, 0.15) is 0 Å². The molecule has 0 saturated heterocycles. The van der Waals surface area contributed by atoms with E-state index in [1.165, 1.54) is 11.5 Å². The molecular weight excluding hydrogens is 141 g/mol. The van der Waals surface area contributed by atoms with Gasteiger partial charge in [0, 0.05) is 0 Å². The van der Waals surface area contributed by atoms with Gasteiger partial charge < -0.3 is 0 Å². The molecule has 0 atom stereocenters. The second-order valence-electron chi connectivity index (χ2n) is 0.653. The van der Waals surface area contributed by atoms with E-state index in [0.717, 1.165) is 0 Å². The number of halogens is 3. The van der Waals surface area contributed by atoms with Crippen LogP contribution in [0.25, 0.3) is 0 Å². The van der Waals surface area contributed by atoms with Gasteiger partial charge in [0.15, 0.2) is 0 Å². The van der Waals surface area contributed by atoms with Gasteiger partial charge in [0.05, 0.1) is 0 Å². The van der Waals surface area contributed by atoms with Gasteiger partial charge in [0.25, 0.3) is 0 Å². The lowest BCUT2D eigenvalue weighted by Crippen LogP contribution is -1.80. The van der Waals surface area contributed by atoms with E-state index in [0.29, 0.717) is 0 Å². The number of hydrogen-bond acceptors (Lipinski definition) is 0. The van der Waals surface area contributed by atoms with Crippen LogP contribution in [0.5, 0.6) is 0 Å². The first-order valence-electron chi connectivity index (χ1n) is 1.32. The molecule has 0 radical (unpaired) electrons. The fraction of sp³-hybridized carbons (Fsp3) is 0. The normalized spacial score (nSPS) is 9.83. The third kappa shape index (κ3) is 4.67. The van der Waals surface area contributed by atoms with E-state index >= 15 is 0 Å². The van der Waals surface area contributed by atoms with Gasteiger partial charge in [0.2, 0.25) is 0 Å². The smallest absolute Gasteiger partial charge is 0.165 e. The molecule has 0 aliphatic heterocycles. The Labute approximate surface area is 52.0 Å². The SMILES string of the molecule is ClC=CB(Cl)Cl. The van der Waals surface area contributed by atoms with E-state index in [1.807, 2.05) is 0 Å². The van der Waals surface area contributed by atoms with Crippen molar-refractivity contribution in [2.45, 2.75) is 0 Å². The molecule has 0 fully saturated rings. The van der Waals surface area contributed by atoms with Crippen LogP contribution in [0.4, 0.5) is 0 Å². The highest BCUT2D eigenvalue weighted by atomic mass is 35.5. The summed E-state index contributed by atoms with van der Waals surface area (Å²) in [6.07, 6.45) is 0. The third-order valence-corrected chi connectivity index (χ3v) is 0.655. The van der Waals surface area contributed by atoms with Crippen LogP contribution in [-0.2, 0) is 0 Å². The molecule has 0 unspecified atom stereocenters. The Hall–Kier alpha value is 0.675. The van der Waals surface area contributed by atoms with E-state index in [4.69, 9.17) is 34.5 Å². The Morgan fingerprint density at radius 1 is 1.33 bits per heavy atom. The van der Waals surface area contributed by atoms with E-state index in [2.05, 4.69) is 0 Å². The van der Waals surface area contributed by atoms with Crippen molar-refractivity contribution in [3.8, 4) is 0 Å². The molecule has 4 heteroatoms. The minimum Gasteiger partial charge on any atom is -0.165 e. The second kappa shape index (κ2) is 3.85. The van der Waals surface area contributed by atoms with Crippen LogP contribution in [-0.4, -0.2) is 5.54 Å². The number of hydrogen-bond donors (Lipinski definition) is 0.